The van der Waals surface area contributed by atoms with E-state index < -0.39 is 12.0 Å². The third-order valence-electron chi connectivity index (χ3n) is 3.58. The highest BCUT2D eigenvalue weighted by atomic mass is 16.5. The number of carboxylic acid groups (broad SMARTS) is 1. The number of rotatable bonds is 3. The van der Waals surface area contributed by atoms with Crippen molar-refractivity contribution in [2.45, 2.75) is 65.7 Å². The zero-order valence-corrected chi connectivity index (χ0v) is 13.9. The highest BCUT2D eigenvalue weighted by molar-refractivity contribution is 5.76. The lowest BCUT2D eigenvalue weighted by Crippen LogP contribution is -2.58. The molecule has 0 aliphatic carbocycles. The van der Waals surface area contributed by atoms with Crippen LogP contribution < -0.4 is 5.32 Å². The maximum atomic E-state index is 12.4. The highest BCUT2D eigenvalue weighted by Crippen LogP contribution is 2.24. The van der Waals surface area contributed by atoms with Gasteiger partial charge in [-0.2, -0.15) is 0 Å². The lowest BCUT2D eigenvalue weighted by atomic mass is 9.85. The lowest BCUT2D eigenvalue weighted by molar-refractivity contribution is -0.138. The molecule has 21 heavy (non-hydrogen) atoms. The molecule has 122 valence electrons. The Morgan fingerprint density at radius 1 is 1.43 bits per heavy atom. The van der Waals surface area contributed by atoms with E-state index in [4.69, 9.17) is 9.84 Å². The van der Waals surface area contributed by atoms with E-state index in [1.807, 2.05) is 41.5 Å². The molecule has 1 heterocycles. The SMILES string of the molecule is CC1CN(C(=O)NC(CC(=O)O)C(C)(C)C)CC(C)(C)O1. The van der Waals surface area contributed by atoms with Gasteiger partial charge in [0.15, 0.2) is 0 Å². The molecular weight excluding hydrogens is 272 g/mol. The van der Waals surface area contributed by atoms with E-state index in [0.29, 0.717) is 13.1 Å². The molecule has 1 saturated heterocycles. The summed E-state index contributed by atoms with van der Waals surface area (Å²) in [6, 6.07) is -0.636. The maximum Gasteiger partial charge on any atom is 0.317 e. The minimum absolute atomic E-state index is 0.0351. The van der Waals surface area contributed by atoms with Crippen LogP contribution in [0.4, 0.5) is 4.79 Å². The van der Waals surface area contributed by atoms with E-state index in [9.17, 15) is 9.59 Å². The van der Waals surface area contributed by atoms with Crippen molar-refractivity contribution in [3.8, 4) is 0 Å². The minimum Gasteiger partial charge on any atom is -0.481 e. The number of urea groups is 1. The smallest absolute Gasteiger partial charge is 0.317 e. The summed E-state index contributed by atoms with van der Waals surface area (Å²) in [4.78, 5) is 25.1. The van der Waals surface area contributed by atoms with Crippen LogP contribution in [0.1, 0.15) is 48.0 Å². The molecule has 0 saturated carbocycles. The first-order valence-corrected chi connectivity index (χ1v) is 7.36. The second-order valence-corrected chi connectivity index (χ2v) is 7.53. The molecule has 1 rings (SSSR count). The van der Waals surface area contributed by atoms with Crippen LogP contribution in [0.3, 0.4) is 0 Å². The number of carbonyl (C=O) groups is 2. The van der Waals surface area contributed by atoms with E-state index in [1.54, 1.807) is 4.90 Å². The fourth-order valence-corrected chi connectivity index (χ4v) is 2.60. The van der Waals surface area contributed by atoms with Crippen molar-refractivity contribution in [3.05, 3.63) is 0 Å². The quantitative estimate of drug-likeness (QED) is 0.836. The first kappa shape index (κ1) is 17.8. The number of ether oxygens (including phenoxy) is 1. The van der Waals surface area contributed by atoms with Crippen molar-refractivity contribution in [3.63, 3.8) is 0 Å². The van der Waals surface area contributed by atoms with Gasteiger partial charge in [-0.1, -0.05) is 20.8 Å². The van der Waals surface area contributed by atoms with Crippen LogP contribution in [0.25, 0.3) is 0 Å². The van der Waals surface area contributed by atoms with Gasteiger partial charge in [-0.25, -0.2) is 4.79 Å². The predicted molar refractivity (Wildman–Crippen MR) is 80.2 cm³/mol. The summed E-state index contributed by atoms with van der Waals surface area (Å²) >= 11 is 0. The summed E-state index contributed by atoms with van der Waals surface area (Å²) < 4.78 is 5.78. The number of nitrogens with zero attached hydrogens (tertiary/aromatic N) is 1. The van der Waals surface area contributed by atoms with E-state index in [2.05, 4.69) is 5.32 Å². The lowest BCUT2D eigenvalue weighted by Gasteiger charge is -2.42. The molecule has 1 aliphatic rings. The number of hydrogen-bond acceptors (Lipinski definition) is 3. The third-order valence-corrected chi connectivity index (χ3v) is 3.58. The van der Waals surface area contributed by atoms with Gasteiger partial charge in [0.1, 0.15) is 0 Å². The Bertz CT molecular complexity index is 401. The molecule has 0 aromatic rings. The van der Waals surface area contributed by atoms with Gasteiger partial charge in [0.05, 0.1) is 24.7 Å². The summed E-state index contributed by atoms with van der Waals surface area (Å²) in [7, 11) is 0. The van der Waals surface area contributed by atoms with Crippen LogP contribution >= 0.6 is 0 Å². The van der Waals surface area contributed by atoms with Crippen molar-refractivity contribution in [1.29, 1.82) is 0 Å². The molecule has 0 aromatic carbocycles. The standard InChI is InChI=1S/C15H28N2O4/c1-10-8-17(9-15(5,6)21-10)13(20)16-11(7-12(18)19)14(2,3)4/h10-11H,7-9H2,1-6H3,(H,16,20)(H,18,19). The Hall–Kier alpha value is -1.30. The van der Waals surface area contributed by atoms with Gasteiger partial charge in [0.25, 0.3) is 0 Å². The second-order valence-electron chi connectivity index (χ2n) is 7.53. The summed E-state index contributed by atoms with van der Waals surface area (Å²) in [5, 5.41) is 11.9. The van der Waals surface area contributed by atoms with Gasteiger partial charge >= 0.3 is 12.0 Å². The summed E-state index contributed by atoms with van der Waals surface area (Å²) in [5.41, 5.74) is -0.708. The molecule has 0 aromatic heterocycles. The van der Waals surface area contributed by atoms with Gasteiger partial charge in [0.2, 0.25) is 0 Å². The Labute approximate surface area is 126 Å². The van der Waals surface area contributed by atoms with Gasteiger partial charge in [-0.3, -0.25) is 4.79 Å². The van der Waals surface area contributed by atoms with Crippen molar-refractivity contribution in [1.82, 2.24) is 10.2 Å². The van der Waals surface area contributed by atoms with E-state index in [-0.39, 0.29) is 29.6 Å². The molecule has 2 atom stereocenters. The van der Waals surface area contributed by atoms with Gasteiger partial charge in [-0.15, -0.1) is 0 Å². The summed E-state index contributed by atoms with van der Waals surface area (Å²) in [6.07, 6.45) is -0.120. The largest absolute Gasteiger partial charge is 0.481 e. The minimum atomic E-state index is -0.911. The average Bonchev–Trinajstić information content (AvgIpc) is 2.23. The molecule has 2 unspecified atom stereocenters. The summed E-state index contributed by atoms with van der Waals surface area (Å²) in [6.45, 7) is 12.6. The number of carbonyl (C=O) groups excluding carboxylic acids is 1. The fraction of sp³-hybridized carbons (Fsp3) is 0.867. The molecule has 2 amide bonds. The molecule has 1 fully saturated rings. The van der Waals surface area contributed by atoms with E-state index >= 15 is 0 Å². The van der Waals surface area contributed by atoms with Crippen LogP contribution in [-0.2, 0) is 9.53 Å². The topological polar surface area (TPSA) is 78.9 Å². The fourth-order valence-electron chi connectivity index (χ4n) is 2.60. The molecule has 6 nitrogen and oxygen atoms in total. The van der Waals surface area contributed by atoms with Crippen LogP contribution in [0.15, 0.2) is 0 Å². The molecule has 2 N–H and O–H groups in total. The number of carboxylic acids is 1. The van der Waals surface area contributed by atoms with Gasteiger partial charge in [0, 0.05) is 12.6 Å². The Kier molecular flexibility index (Phi) is 5.25. The number of aliphatic carboxylic acids is 1. The number of nitrogens with one attached hydrogen (secondary N) is 1. The number of amides is 2. The van der Waals surface area contributed by atoms with Crippen molar-refractivity contribution in [2.75, 3.05) is 13.1 Å². The van der Waals surface area contributed by atoms with Crippen LogP contribution in [0, 0.1) is 5.41 Å². The first-order chi connectivity index (χ1) is 9.40. The van der Waals surface area contributed by atoms with Crippen molar-refractivity contribution in [2.24, 2.45) is 5.41 Å². The Morgan fingerprint density at radius 3 is 2.43 bits per heavy atom. The number of hydrogen-bond donors (Lipinski definition) is 2. The van der Waals surface area contributed by atoms with Gasteiger partial charge < -0.3 is 20.1 Å². The van der Waals surface area contributed by atoms with Crippen LogP contribution in [-0.4, -0.2) is 52.8 Å². The zero-order chi connectivity index (χ0) is 16.4. The normalized spacial score (nSPS) is 23.5. The molecule has 0 radical (unpaired) electrons. The highest BCUT2D eigenvalue weighted by Gasteiger charge is 2.36. The average molecular weight is 300 g/mol. The van der Waals surface area contributed by atoms with Gasteiger partial charge in [-0.05, 0) is 26.2 Å². The molecule has 0 spiro atoms. The predicted octanol–water partition coefficient (Wildman–Crippen LogP) is 2.08. The zero-order valence-electron chi connectivity index (χ0n) is 13.9. The number of morpholine rings is 1. The van der Waals surface area contributed by atoms with Crippen molar-refractivity contribution >= 4 is 12.0 Å². The molecule has 6 heteroatoms. The monoisotopic (exact) mass is 300 g/mol. The van der Waals surface area contributed by atoms with E-state index in [0.717, 1.165) is 0 Å². The Balaban J connectivity index is 2.75. The molecule has 1 aliphatic heterocycles. The van der Waals surface area contributed by atoms with Crippen LogP contribution in [0.5, 0.6) is 0 Å². The van der Waals surface area contributed by atoms with Crippen LogP contribution in [0.2, 0.25) is 0 Å². The Morgan fingerprint density at radius 2 is 2.00 bits per heavy atom. The maximum absolute atomic E-state index is 12.4. The van der Waals surface area contributed by atoms with Crippen molar-refractivity contribution < 1.29 is 19.4 Å². The molecular formula is C15H28N2O4. The summed E-state index contributed by atoms with van der Waals surface area (Å²) in [5.74, 6) is -0.911. The third kappa shape index (κ3) is 5.53. The molecule has 0 bridgehead atoms. The second kappa shape index (κ2) is 6.22. The van der Waals surface area contributed by atoms with E-state index in [1.165, 1.54) is 0 Å². The first-order valence-electron chi connectivity index (χ1n) is 7.36.